The Labute approximate surface area is 108 Å². The number of nitrogens with two attached hydrogens (primary N) is 1. The highest BCUT2D eigenvalue weighted by Crippen LogP contribution is 2.34. The van der Waals surface area contributed by atoms with Crippen LogP contribution >= 0.6 is 11.8 Å². The van der Waals surface area contributed by atoms with Crippen LogP contribution in [-0.2, 0) is 0 Å². The Morgan fingerprint density at radius 3 is 2.35 bits per heavy atom. The van der Waals surface area contributed by atoms with Gasteiger partial charge in [-0.1, -0.05) is 38.1 Å². The molecule has 2 unspecified atom stereocenters. The minimum atomic E-state index is 0.311. The molecular formula is C14H22N2S. The fourth-order valence-electron chi connectivity index (χ4n) is 2.41. The zero-order valence-electron chi connectivity index (χ0n) is 10.6. The van der Waals surface area contributed by atoms with Gasteiger partial charge in [0.15, 0.2) is 0 Å². The molecule has 0 saturated carbocycles. The largest absolute Gasteiger partial charge is 0.271 e. The van der Waals surface area contributed by atoms with Crippen molar-refractivity contribution in [1.82, 2.24) is 5.43 Å². The second-order valence-corrected chi connectivity index (χ2v) is 6.24. The maximum atomic E-state index is 5.72. The first-order valence-electron chi connectivity index (χ1n) is 6.36. The number of nitrogens with one attached hydrogen (secondary N) is 1. The molecule has 1 fully saturated rings. The normalized spacial score (nSPS) is 22.0. The Balaban J connectivity index is 2.13. The minimum absolute atomic E-state index is 0.311. The number of rotatable bonds is 4. The molecule has 2 nitrogen and oxygen atoms in total. The zero-order chi connectivity index (χ0) is 12.3. The number of hydrogen-bond acceptors (Lipinski definition) is 3. The van der Waals surface area contributed by atoms with Crippen molar-refractivity contribution in [2.24, 2.45) is 11.8 Å². The van der Waals surface area contributed by atoms with Crippen LogP contribution in [0.2, 0.25) is 0 Å². The number of thioether (sulfide) groups is 1. The molecule has 2 rings (SSSR count). The van der Waals surface area contributed by atoms with Gasteiger partial charge < -0.3 is 0 Å². The quantitative estimate of drug-likeness (QED) is 0.637. The third-order valence-electron chi connectivity index (χ3n) is 3.58. The average Bonchev–Trinajstić information content (AvgIpc) is 2.84. The summed E-state index contributed by atoms with van der Waals surface area (Å²) in [7, 11) is 0. The van der Waals surface area contributed by atoms with Crippen molar-refractivity contribution in [2.45, 2.75) is 32.2 Å². The summed E-state index contributed by atoms with van der Waals surface area (Å²) in [5.74, 6) is 9.49. The number of hydrogen-bond donors (Lipinski definition) is 2. The summed E-state index contributed by atoms with van der Waals surface area (Å²) < 4.78 is 0. The molecule has 0 aliphatic carbocycles. The van der Waals surface area contributed by atoms with Gasteiger partial charge in [0.1, 0.15) is 0 Å². The average molecular weight is 250 g/mol. The summed E-state index contributed by atoms with van der Waals surface area (Å²) in [6.07, 6.45) is 1.27. The Kier molecular flexibility index (Phi) is 4.48. The fraction of sp³-hybridized carbons (Fsp3) is 0.571. The topological polar surface area (TPSA) is 38.0 Å². The number of benzene rings is 1. The molecule has 3 heteroatoms. The lowest BCUT2D eigenvalue weighted by Gasteiger charge is -2.23. The molecule has 0 radical (unpaired) electrons. The lowest BCUT2D eigenvalue weighted by molar-refractivity contribution is 0.400. The Morgan fingerprint density at radius 2 is 1.88 bits per heavy atom. The second kappa shape index (κ2) is 5.89. The fourth-order valence-corrected chi connectivity index (χ4v) is 3.71. The van der Waals surface area contributed by atoms with Crippen LogP contribution in [0, 0.1) is 5.92 Å². The summed E-state index contributed by atoms with van der Waals surface area (Å²) in [6.45, 7) is 4.45. The van der Waals surface area contributed by atoms with E-state index in [-0.39, 0.29) is 0 Å². The van der Waals surface area contributed by atoms with Crippen molar-refractivity contribution in [3.63, 3.8) is 0 Å². The van der Waals surface area contributed by atoms with Crippen molar-refractivity contribution in [3.05, 3.63) is 35.4 Å². The minimum Gasteiger partial charge on any atom is -0.271 e. The first-order valence-corrected chi connectivity index (χ1v) is 7.51. The highest BCUT2D eigenvalue weighted by atomic mass is 32.2. The lowest BCUT2D eigenvalue weighted by atomic mass is 9.91. The van der Waals surface area contributed by atoms with Gasteiger partial charge in [-0.25, -0.2) is 0 Å². The summed E-state index contributed by atoms with van der Waals surface area (Å²) in [6, 6.07) is 9.22. The van der Waals surface area contributed by atoms with E-state index in [2.05, 4.69) is 43.5 Å². The van der Waals surface area contributed by atoms with Gasteiger partial charge in [-0.15, -0.1) is 0 Å². The van der Waals surface area contributed by atoms with E-state index in [1.54, 1.807) is 0 Å². The van der Waals surface area contributed by atoms with Crippen LogP contribution in [0.5, 0.6) is 0 Å². The molecule has 0 spiro atoms. The van der Waals surface area contributed by atoms with Gasteiger partial charge in [-0.05, 0) is 40.9 Å². The van der Waals surface area contributed by atoms with E-state index in [0.29, 0.717) is 17.9 Å². The number of hydrazine groups is 1. The highest BCUT2D eigenvalue weighted by Gasteiger charge is 2.25. The van der Waals surface area contributed by atoms with Gasteiger partial charge in [-0.2, -0.15) is 11.8 Å². The maximum absolute atomic E-state index is 5.72. The first kappa shape index (κ1) is 12.9. The van der Waals surface area contributed by atoms with Crippen LogP contribution in [0.3, 0.4) is 0 Å². The van der Waals surface area contributed by atoms with E-state index in [1.165, 1.54) is 29.1 Å². The van der Waals surface area contributed by atoms with Crippen LogP contribution in [0.4, 0.5) is 0 Å². The van der Waals surface area contributed by atoms with E-state index >= 15 is 0 Å². The van der Waals surface area contributed by atoms with Crippen LogP contribution in [0.25, 0.3) is 0 Å². The van der Waals surface area contributed by atoms with Gasteiger partial charge in [0, 0.05) is 6.04 Å². The smallest absolute Gasteiger partial charge is 0.0496 e. The van der Waals surface area contributed by atoms with Crippen LogP contribution in [0.1, 0.15) is 43.4 Å². The monoisotopic (exact) mass is 250 g/mol. The molecule has 0 amide bonds. The van der Waals surface area contributed by atoms with E-state index in [4.69, 9.17) is 5.84 Å². The van der Waals surface area contributed by atoms with Crippen molar-refractivity contribution >= 4 is 11.8 Å². The molecule has 1 aromatic rings. The van der Waals surface area contributed by atoms with Crippen molar-refractivity contribution in [1.29, 1.82) is 0 Å². The molecule has 0 aromatic heterocycles. The molecule has 0 bridgehead atoms. The highest BCUT2D eigenvalue weighted by molar-refractivity contribution is 7.99. The van der Waals surface area contributed by atoms with Gasteiger partial charge in [0.25, 0.3) is 0 Å². The maximum Gasteiger partial charge on any atom is 0.0496 e. The summed E-state index contributed by atoms with van der Waals surface area (Å²) in [4.78, 5) is 0. The SMILES string of the molecule is CC(C)c1ccc(C(NN)C2CCSC2)cc1. The Bertz CT molecular complexity index is 342. The molecule has 1 aliphatic heterocycles. The molecule has 1 aliphatic rings. The summed E-state index contributed by atoms with van der Waals surface area (Å²) >= 11 is 2.03. The van der Waals surface area contributed by atoms with Gasteiger partial charge >= 0.3 is 0 Å². The molecule has 3 N–H and O–H groups in total. The predicted octanol–water partition coefficient (Wildman–Crippen LogP) is 3.07. The van der Waals surface area contributed by atoms with E-state index < -0.39 is 0 Å². The van der Waals surface area contributed by atoms with Gasteiger partial charge in [-0.3, -0.25) is 11.3 Å². The van der Waals surface area contributed by atoms with Crippen molar-refractivity contribution < 1.29 is 0 Å². The van der Waals surface area contributed by atoms with Crippen molar-refractivity contribution in [3.8, 4) is 0 Å². The molecule has 1 saturated heterocycles. The third-order valence-corrected chi connectivity index (χ3v) is 4.77. The van der Waals surface area contributed by atoms with Crippen molar-refractivity contribution in [2.75, 3.05) is 11.5 Å². The predicted molar refractivity (Wildman–Crippen MR) is 76.0 cm³/mol. The summed E-state index contributed by atoms with van der Waals surface area (Å²) in [5, 5.41) is 0. The van der Waals surface area contributed by atoms with E-state index in [1.807, 2.05) is 11.8 Å². The molecule has 1 heterocycles. The molecule has 94 valence electrons. The molecule has 17 heavy (non-hydrogen) atoms. The van der Waals surface area contributed by atoms with E-state index in [0.717, 1.165) is 0 Å². The van der Waals surface area contributed by atoms with Crippen LogP contribution < -0.4 is 11.3 Å². The third kappa shape index (κ3) is 3.03. The lowest BCUT2D eigenvalue weighted by Crippen LogP contribution is -2.33. The zero-order valence-corrected chi connectivity index (χ0v) is 11.5. The second-order valence-electron chi connectivity index (χ2n) is 5.09. The Hall–Kier alpha value is -0.510. The van der Waals surface area contributed by atoms with Crippen LogP contribution in [-0.4, -0.2) is 11.5 Å². The molecule has 1 aromatic carbocycles. The Morgan fingerprint density at radius 1 is 1.24 bits per heavy atom. The molecular weight excluding hydrogens is 228 g/mol. The molecule has 2 atom stereocenters. The first-order chi connectivity index (χ1) is 8.22. The summed E-state index contributed by atoms with van der Waals surface area (Å²) in [5.41, 5.74) is 5.71. The van der Waals surface area contributed by atoms with Gasteiger partial charge in [0.05, 0.1) is 0 Å². The van der Waals surface area contributed by atoms with Gasteiger partial charge in [0.2, 0.25) is 0 Å². The standard InChI is InChI=1S/C14H22N2S/c1-10(2)11-3-5-12(6-4-11)14(16-15)13-7-8-17-9-13/h3-6,10,13-14,16H,7-9,15H2,1-2H3. The van der Waals surface area contributed by atoms with Crippen LogP contribution in [0.15, 0.2) is 24.3 Å². The van der Waals surface area contributed by atoms with E-state index in [9.17, 15) is 0 Å².